The Bertz CT molecular complexity index is 1080. The van der Waals surface area contributed by atoms with Crippen molar-refractivity contribution >= 4 is 33.2 Å². The van der Waals surface area contributed by atoms with Crippen LogP contribution in [0, 0.1) is 11.3 Å². The molecule has 2 aliphatic heterocycles. The SMILES string of the molecule is N#CCCN1C(=O)C2(CCN(S(=O)(=O)c3ccc(Cl)cc3)CC2)c2ccccc21. The van der Waals surface area contributed by atoms with E-state index in [1.165, 1.54) is 16.4 Å². The lowest BCUT2D eigenvalue weighted by molar-refractivity contribution is -0.124. The summed E-state index contributed by atoms with van der Waals surface area (Å²) in [5.74, 6) is -0.0301. The lowest BCUT2D eigenvalue weighted by Crippen LogP contribution is -2.50. The number of fused-ring (bicyclic) bond motifs is 2. The van der Waals surface area contributed by atoms with E-state index in [0.29, 0.717) is 24.4 Å². The Kier molecular flexibility index (Phi) is 5.11. The summed E-state index contributed by atoms with van der Waals surface area (Å²) in [5.41, 5.74) is 1.05. The molecule has 6 nitrogen and oxygen atoms in total. The number of nitrogens with zero attached hydrogens (tertiary/aromatic N) is 3. The molecular formula is C21H20ClN3O3S. The predicted molar refractivity (Wildman–Crippen MR) is 110 cm³/mol. The largest absolute Gasteiger partial charge is 0.310 e. The zero-order chi connectivity index (χ0) is 20.6. The van der Waals surface area contributed by atoms with Crippen molar-refractivity contribution in [1.82, 2.24) is 4.31 Å². The minimum atomic E-state index is -3.64. The number of rotatable bonds is 4. The summed E-state index contributed by atoms with van der Waals surface area (Å²) < 4.78 is 27.4. The van der Waals surface area contributed by atoms with E-state index in [1.807, 2.05) is 24.3 Å². The predicted octanol–water partition coefficient (Wildman–Crippen LogP) is 3.32. The molecule has 4 rings (SSSR count). The molecule has 8 heteroatoms. The fourth-order valence-electron chi connectivity index (χ4n) is 4.33. The summed E-state index contributed by atoms with van der Waals surface area (Å²) >= 11 is 5.87. The molecule has 0 bridgehead atoms. The third-order valence-electron chi connectivity index (χ3n) is 5.84. The van der Waals surface area contributed by atoms with Gasteiger partial charge in [-0.25, -0.2) is 8.42 Å². The zero-order valence-corrected chi connectivity index (χ0v) is 17.3. The second-order valence-electron chi connectivity index (χ2n) is 7.32. The average Bonchev–Trinajstić information content (AvgIpc) is 2.95. The van der Waals surface area contributed by atoms with E-state index < -0.39 is 15.4 Å². The summed E-state index contributed by atoms with van der Waals surface area (Å²) in [6.45, 7) is 0.870. The smallest absolute Gasteiger partial charge is 0.243 e. The molecule has 1 fully saturated rings. The Morgan fingerprint density at radius 2 is 1.72 bits per heavy atom. The Balaban J connectivity index is 1.61. The van der Waals surface area contributed by atoms with Crippen molar-refractivity contribution in [3.05, 3.63) is 59.1 Å². The van der Waals surface area contributed by atoms with Gasteiger partial charge in [-0.2, -0.15) is 9.57 Å². The lowest BCUT2D eigenvalue weighted by Gasteiger charge is -2.37. The van der Waals surface area contributed by atoms with Gasteiger partial charge in [-0.1, -0.05) is 29.8 Å². The van der Waals surface area contributed by atoms with Gasteiger partial charge in [0.15, 0.2) is 0 Å². The van der Waals surface area contributed by atoms with Crippen LogP contribution < -0.4 is 4.90 Å². The summed E-state index contributed by atoms with van der Waals surface area (Å²) in [6, 6.07) is 15.8. The number of anilines is 1. The molecule has 0 atom stereocenters. The number of piperidine rings is 1. The third kappa shape index (κ3) is 3.21. The highest BCUT2D eigenvalue weighted by atomic mass is 35.5. The van der Waals surface area contributed by atoms with Gasteiger partial charge in [0, 0.05) is 30.3 Å². The highest BCUT2D eigenvalue weighted by Gasteiger charge is 2.52. The first kappa shape index (κ1) is 19.9. The minimum absolute atomic E-state index is 0.0301. The summed E-state index contributed by atoms with van der Waals surface area (Å²) in [7, 11) is -3.64. The van der Waals surface area contributed by atoms with Crippen molar-refractivity contribution in [3.8, 4) is 6.07 Å². The van der Waals surface area contributed by atoms with Crippen LogP contribution in [0.2, 0.25) is 5.02 Å². The van der Waals surface area contributed by atoms with Crippen LogP contribution in [0.1, 0.15) is 24.8 Å². The van der Waals surface area contributed by atoms with Crippen LogP contribution in [0.15, 0.2) is 53.4 Å². The topological polar surface area (TPSA) is 81.5 Å². The number of benzene rings is 2. The maximum atomic E-state index is 13.3. The van der Waals surface area contributed by atoms with Crippen molar-refractivity contribution < 1.29 is 13.2 Å². The van der Waals surface area contributed by atoms with Gasteiger partial charge in [0.05, 0.1) is 22.8 Å². The van der Waals surface area contributed by atoms with Gasteiger partial charge in [0.2, 0.25) is 15.9 Å². The Labute approximate surface area is 175 Å². The molecule has 1 saturated heterocycles. The number of carbonyl (C=O) groups is 1. The molecule has 29 heavy (non-hydrogen) atoms. The van der Waals surface area contributed by atoms with Crippen molar-refractivity contribution in [1.29, 1.82) is 5.26 Å². The molecule has 2 heterocycles. The van der Waals surface area contributed by atoms with Gasteiger partial charge in [0.1, 0.15) is 0 Å². The quantitative estimate of drug-likeness (QED) is 0.746. The monoisotopic (exact) mass is 429 g/mol. The van der Waals surface area contributed by atoms with Gasteiger partial charge in [-0.15, -0.1) is 0 Å². The molecule has 0 N–H and O–H groups in total. The Hall–Kier alpha value is -2.40. The van der Waals surface area contributed by atoms with Crippen molar-refractivity contribution in [2.75, 3.05) is 24.5 Å². The van der Waals surface area contributed by atoms with E-state index in [0.717, 1.165) is 11.3 Å². The van der Waals surface area contributed by atoms with E-state index in [-0.39, 0.29) is 30.3 Å². The van der Waals surface area contributed by atoms with Crippen molar-refractivity contribution in [2.24, 2.45) is 0 Å². The molecule has 1 amide bonds. The molecular weight excluding hydrogens is 410 g/mol. The van der Waals surface area contributed by atoms with E-state index >= 15 is 0 Å². The number of hydrogen-bond acceptors (Lipinski definition) is 4. The van der Waals surface area contributed by atoms with Crippen LogP contribution in [-0.2, 0) is 20.2 Å². The number of nitriles is 1. The minimum Gasteiger partial charge on any atom is -0.310 e. The molecule has 0 aromatic heterocycles. The van der Waals surface area contributed by atoms with Crippen LogP contribution in [0.4, 0.5) is 5.69 Å². The zero-order valence-electron chi connectivity index (χ0n) is 15.7. The molecule has 0 aliphatic carbocycles. The van der Waals surface area contributed by atoms with Crippen LogP contribution in [0.25, 0.3) is 0 Å². The van der Waals surface area contributed by atoms with E-state index in [4.69, 9.17) is 16.9 Å². The maximum absolute atomic E-state index is 13.3. The Morgan fingerprint density at radius 1 is 1.07 bits per heavy atom. The fraction of sp³-hybridized carbons (Fsp3) is 0.333. The standard InChI is InChI=1S/C21H20ClN3O3S/c22-16-6-8-17(9-7-16)29(27,28)24-14-10-21(11-15-24)18-4-1-2-5-19(18)25(20(21)26)13-3-12-23/h1-2,4-9H,3,10-11,13-15H2. The van der Waals surface area contributed by atoms with Gasteiger partial charge in [-0.3, -0.25) is 4.79 Å². The molecule has 150 valence electrons. The lowest BCUT2D eigenvalue weighted by atomic mass is 9.74. The number of carbonyl (C=O) groups excluding carboxylic acids is 1. The molecule has 0 unspecified atom stereocenters. The van der Waals surface area contributed by atoms with Crippen LogP contribution in [-0.4, -0.2) is 38.3 Å². The first-order valence-corrected chi connectivity index (χ1v) is 11.3. The normalized spacial score (nSPS) is 18.6. The molecule has 0 saturated carbocycles. The second kappa shape index (κ2) is 7.45. The maximum Gasteiger partial charge on any atom is 0.243 e. The third-order valence-corrected chi connectivity index (χ3v) is 8.00. The van der Waals surface area contributed by atoms with Crippen molar-refractivity contribution in [2.45, 2.75) is 29.6 Å². The van der Waals surface area contributed by atoms with Crippen LogP contribution >= 0.6 is 11.6 Å². The van der Waals surface area contributed by atoms with E-state index in [1.54, 1.807) is 17.0 Å². The first-order chi connectivity index (χ1) is 13.9. The highest BCUT2D eigenvalue weighted by molar-refractivity contribution is 7.89. The van der Waals surface area contributed by atoms with Crippen molar-refractivity contribution in [3.63, 3.8) is 0 Å². The molecule has 2 aromatic rings. The molecule has 1 spiro atoms. The molecule has 2 aliphatic rings. The molecule has 0 radical (unpaired) electrons. The number of hydrogen-bond donors (Lipinski definition) is 0. The summed E-state index contributed by atoms with van der Waals surface area (Å²) in [4.78, 5) is 15.2. The highest BCUT2D eigenvalue weighted by Crippen LogP contribution is 2.48. The van der Waals surface area contributed by atoms with Crippen LogP contribution in [0.5, 0.6) is 0 Å². The van der Waals surface area contributed by atoms with Gasteiger partial charge in [-0.05, 0) is 48.7 Å². The number of amides is 1. The second-order valence-corrected chi connectivity index (χ2v) is 9.70. The van der Waals surface area contributed by atoms with Gasteiger partial charge in [0.25, 0.3) is 0 Å². The van der Waals surface area contributed by atoms with Gasteiger partial charge < -0.3 is 4.90 Å². The van der Waals surface area contributed by atoms with Crippen LogP contribution in [0.3, 0.4) is 0 Å². The Morgan fingerprint density at radius 3 is 2.38 bits per heavy atom. The fourth-order valence-corrected chi connectivity index (χ4v) is 5.89. The number of para-hydroxylation sites is 1. The van der Waals surface area contributed by atoms with E-state index in [2.05, 4.69) is 6.07 Å². The first-order valence-electron chi connectivity index (χ1n) is 9.44. The number of sulfonamides is 1. The summed E-state index contributed by atoms with van der Waals surface area (Å²) in [5, 5.41) is 9.42. The average molecular weight is 430 g/mol. The van der Waals surface area contributed by atoms with Gasteiger partial charge >= 0.3 is 0 Å². The number of halogens is 1. The molecule has 2 aromatic carbocycles. The van der Waals surface area contributed by atoms with E-state index in [9.17, 15) is 13.2 Å². The summed E-state index contributed by atoms with van der Waals surface area (Å²) in [6.07, 6.45) is 1.09.